The smallest absolute Gasteiger partial charge is 0.225 e. The summed E-state index contributed by atoms with van der Waals surface area (Å²) in [5.41, 5.74) is 4.06. The summed E-state index contributed by atoms with van der Waals surface area (Å²) in [7, 11) is 1.60. The van der Waals surface area contributed by atoms with Crippen molar-refractivity contribution in [2.75, 3.05) is 7.11 Å². The second-order valence-corrected chi connectivity index (χ2v) is 7.98. The van der Waals surface area contributed by atoms with Crippen LogP contribution in [0, 0.1) is 0 Å². The van der Waals surface area contributed by atoms with Crippen LogP contribution in [0.15, 0.2) is 65.2 Å². The molecule has 0 aliphatic heterocycles. The number of oxazole rings is 1. The van der Waals surface area contributed by atoms with Crippen molar-refractivity contribution in [1.82, 2.24) is 9.97 Å². The van der Waals surface area contributed by atoms with E-state index in [9.17, 15) is 5.11 Å². The SMILES string of the molecule is COc1cc(Cl)ccc1-c1cnc2nc(C(O)CCCCCc3ccccc3)oc2c1. The second-order valence-electron chi connectivity index (χ2n) is 7.54. The van der Waals surface area contributed by atoms with Crippen LogP contribution >= 0.6 is 11.6 Å². The van der Waals surface area contributed by atoms with Gasteiger partial charge in [0.1, 0.15) is 11.9 Å². The zero-order valence-corrected chi connectivity index (χ0v) is 18.2. The van der Waals surface area contributed by atoms with Gasteiger partial charge in [-0.05, 0) is 49.1 Å². The number of aryl methyl sites for hydroxylation is 1. The highest BCUT2D eigenvalue weighted by atomic mass is 35.5. The number of aromatic nitrogens is 2. The minimum absolute atomic E-state index is 0.311. The summed E-state index contributed by atoms with van der Waals surface area (Å²) in [4.78, 5) is 8.77. The molecule has 0 spiro atoms. The number of halogens is 1. The molecule has 1 atom stereocenters. The molecule has 0 bridgehead atoms. The van der Waals surface area contributed by atoms with Gasteiger partial charge in [-0.25, -0.2) is 4.98 Å². The van der Waals surface area contributed by atoms with E-state index in [-0.39, 0.29) is 0 Å². The van der Waals surface area contributed by atoms with Gasteiger partial charge >= 0.3 is 0 Å². The molecule has 0 radical (unpaired) electrons. The molecule has 0 fully saturated rings. The highest BCUT2D eigenvalue weighted by Crippen LogP contribution is 2.34. The van der Waals surface area contributed by atoms with Crippen molar-refractivity contribution in [3.8, 4) is 16.9 Å². The monoisotopic (exact) mass is 436 g/mol. The summed E-state index contributed by atoms with van der Waals surface area (Å²) < 4.78 is 11.3. The van der Waals surface area contributed by atoms with Crippen LogP contribution in [-0.2, 0) is 6.42 Å². The average molecular weight is 437 g/mol. The number of hydrogen-bond donors (Lipinski definition) is 1. The molecule has 1 N–H and O–H groups in total. The molecule has 0 aliphatic rings. The Balaban J connectivity index is 1.38. The topological polar surface area (TPSA) is 68.4 Å². The van der Waals surface area contributed by atoms with Crippen molar-refractivity contribution in [1.29, 1.82) is 0 Å². The molecule has 0 saturated carbocycles. The van der Waals surface area contributed by atoms with Crippen LogP contribution in [0.1, 0.15) is 43.2 Å². The quantitative estimate of drug-likeness (QED) is 0.308. The molecule has 31 heavy (non-hydrogen) atoms. The van der Waals surface area contributed by atoms with Crippen LogP contribution in [0.4, 0.5) is 0 Å². The third kappa shape index (κ3) is 5.24. The van der Waals surface area contributed by atoms with Gasteiger partial charge in [-0.15, -0.1) is 0 Å². The first-order valence-corrected chi connectivity index (χ1v) is 10.8. The van der Waals surface area contributed by atoms with Gasteiger partial charge in [-0.2, -0.15) is 4.98 Å². The van der Waals surface area contributed by atoms with E-state index in [0.29, 0.717) is 34.3 Å². The van der Waals surface area contributed by atoms with E-state index < -0.39 is 6.10 Å². The Morgan fingerprint density at radius 3 is 2.71 bits per heavy atom. The lowest BCUT2D eigenvalue weighted by Gasteiger charge is -2.08. The summed E-state index contributed by atoms with van der Waals surface area (Å²) in [5.74, 6) is 0.967. The van der Waals surface area contributed by atoms with Gasteiger partial charge in [0.2, 0.25) is 5.89 Å². The molecule has 0 aliphatic carbocycles. The number of aliphatic hydroxyl groups is 1. The Morgan fingerprint density at radius 1 is 1.06 bits per heavy atom. The molecule has 5 nitrogen and oxygen atoms in total. The molecule has 0 saturated heterocycles. The van der Waals surface area contributed by atoms with Crippen molar-refractivity contribution >= 4 is 22.8 Å². The Labute approximate surface area is 186 Å². The third-order valence-corrected chi connectivity index (χ3v) is 5.54. The number of fused-ring (bicyclic) bond motifs is 1. The van der Waals surface area contributed by atoms with Crippen molar-refractivity contribution in [2.24, 2.45) is 0 Å². The van der Waals surface area contributed by atoms with E-state index in [0.717, 1.165) is 36.8 Å². The standard InChI is InChI=1S/C25H25ClN2O3/c1-30-22-15-19(26)12-13-20(22)18-14-23-24(27-16-18)28-25(31-23)21(29)11-7-3-6-10-17-8-4-2-5-9-17/h2,4-5,8-9,12-16,21,29H,3,6-7,10-11H2,1H3. The fraction of sp³-hybridized carbons (Fsp3) is 0.280. The Morgan fingerprint density at radius 2 is 1.90 bits per heavy atom. The van der Waals surface area contributed by atoms with Gasteiger partial charge in [-0.3, -0.25) is 0 Å². The Hall–Kier alpha value is -2.89. The van der Waals surface area contributed by atoms with E-state index in [1.165, 1.54) is 5.56 Å². The molecular formula is C25H25ClN2O3. The summed E-state index contributed by atoms with van der Waals surface area (Å²) in [5, 5.41) is 11.1. The first-order chi connectivity index (χ1) is 15.1. The number of methoxy groups -OCH3 is 1. The van der Waals surface area contributed by atoms with Gasteiger partial charge in [0.25, 0.3) is 0 Å². The maximum Gasteiger partial charge on any atom is 0.225 e. The van der Waals surface area contributed by atoms with Crippen LogP contribution in [0.5, 0.6) is 5.75 Å². The number of benzene rings is 2. The second kappa shape index (κ2) is 9.94. The minimum atomic E-state index is -0.737. The van der Waals surface area contributed by atoms with E-state index in [1.54, 1.807) is 25.4 Å². The van der Waals surface area contributed by atoms with Gasteiger partial charge < -0.3 is 14.3 Å². The van der Waals surface area contributed by atoms with Gasteiger partial charge in [0.15, 0.2) is 11.2 Å². The lowest BCUT2D eigenvalue weighted by atomic mass is 10.0. The largest absolute Gasteiger partial charge is 0.496 e. The molecule has 2 heterocycles. The average Bonchev–Trinajstić information content (AvgIpc) is 3.23. The molecule has 0 amide bonds. The molecule has 2 aromatic heterocycles. The number of aliphatic hydroxyl groups excluding tert-OH is 1. The van der Waals surface area contributed by atoms with E-state index in [4.69, 9.17) is 20.8 Å². The van der Waals surface area contributed by atoms with Crippen molar-refractivity contribution in [3.63, 3.8) is 0 Å². The minimum Gasteiger partial charge on any atom is -0.496 e. The number of hydrogen-bond acceptors (Lipinski definition) is 5. The molecule has 160 valence electrons. The molecular weight excluding hydrogens is 412 g/mol. The van der Waals surface area contributed by atoms with E-state index in [2.05, 4.69) is 34.2 Å². The third-order valence-electron chi connectivity index (χ3n) is 5.31. The highest BCUT2D eigenvalue weighted by molar-refractivity contribution is 6.30. The normalized spacial score (nSPS) is 12.2. The summed E-state index contributed by atoms with van der Waals surface area (Å²) >= 11 is 6.06. The number of pyridine rings is 1. The molecule has 1 unspecified atom stereocenters. The van der Waals surface area contributed by atoms with Crippen LogP contribution in [0.3, 0.4) is 0 Å². The van der Waals surface area contributed by atoms with Gasteiger partial charge in [-0.1, -0.05) is 54.8 Å². The Kier molecular flexibility index (Phi) is 6.85. The highest BCUT2D eigenvalue weighted by Gasteiger charge is 2.17. The number of unbranched alkanes of at least 4 members (excludes halogenated alkanes) is 2. The predicted molar refractivity (Wildman–Crippen MR) is 122 cm³/mol. The number of ether oxygens (including phenoxy) is 1. The predicted octanol–water partition coefficient (Wildman–Crippen LogP) is 6.39. The Bertz CT molecular complexity index is 1140. The summed E-state index contributed by atoms with van der Waals surface area (Å²) in [6.45, 7) is 0. The fourth-order valence-electron chi connectivity index (χ4n) is 3.64. The first kappa shape index (κ1) is 21.3. The van der Waals surface area contributed by atoms with E-state index in [1.807, 2.05) is 18.2 Å². The van der Waals surface area contributed by atoms with Crippen molar-refractivity contribution in [3.05, 3.63) is 77.3 Å². The van der Waals surface area contributed by atoms with Crippen molar-refractivity contribution < 1.29 is 14.3 Å². The number of nitrogens with zero attached hydrogens (tertiary/aromatic N) is 2. The molecule has 4 rings (SSSR count). The maximum absolute atomic E-state index is 10.5. The number of rotatable bonds is 9. The zero-order valence-electron chi connectivity index (χ0n) is 17.4. The lowest BCUT2D eigenvalue weighted by Crippen LogP contribution is -1.98. The molecule has 2 aromatic carbocycles. The van der Waals surface area contributed by atoms with Gasteiger partial charge in [0, 0.05) is 22.3 Å². The van der Waals surface area contributed by atoms with Crippen LogP contribution in [0.25, 0.3) is 22.4 Å². The summed E-state index contributed by atoms with van der Waals surface area (Å²) in [6.07, 6.45) is 5.70. The summed E-state index contributed by atoms with van der Waals surface area (Å²) in [6, 6.07) is 17.8. The molecule has 4 aromatic rings. The first-order valence-electron chi connectivity index (χ1n) is 10.5. The van der Waals surface area contributed by atoms with E-state index >= 15 is 0 Å². The lowest BCUT2D eigenvalue weighted by molar-refractivity contribution is 0.133. The van der Waals surface area contributed by atoms with Crippen LogP contribution < -0.4 is 4.74 Å². The van der Waals surface area contributed by atoms with Crippen LogP contribution in [0.2, 0.25) is 5.02 Å². The maximum atomic E-state index is 10.5. The molecule has 6 heteroatoms. The van der Waals surface area contributed by atoms with Gasteiger partial charge in [0.05, 0.1) is 7.11 Å². The van der Waals surface area contributed by atoms with Crippen LogP contribution in [-0.4, -0.2) is 22.2 Å². The van der Waals surface area contributed by atoms with Crippen molar-refractivity contribution in [2.45, 2.75) is 38.2 Å². The zero-order chi connectivity index (χ0) is 21.6. The fourth-order valence-corrected chi connectivity index (χ4v) is 3.80.